The number of nitrogens with one attached hydrogen (secondary N) is 2. The first-order chi connectivity index (χ1) is 16.2. The molecule has 0 aliphatic carbocycles. The molecule has 1 atom stereocenters. The second-order valence-corrected chi connectivity index (χ2v) is 8.68. The molecule has 1 aliphatic heterocycles. The fraction of sp³-hybridized carbons (Fsp3) is 0.360. The van der Waals surface area contributed by atoms with E-state index in [0.29, 0.717) is 18.0 Å². The number of hydrogen-bond donors (Lipinski definition) is 2. The van der Waals surface area contributed by atoms with E-state index in [1.807, 2.05) is 4.57 Å². The summed E-state index contributed by atoms with van der Waals surface area (Å²) >= 11 is 0. The van der Waals surface area contributed by atoms with Crippen molar-refractivity contribution in [3.8, 4) is 5.69 Å². The number of fused-ring (bicyclic) bond motifs is 1. The van der Waals surface area contributed by atoms with Crippen molar-refractivity contribution in [3.63, 3.8) is 0 Å². The first-order valence-electron chi connectivity index (χ1n) is 11.5. The van der Waals surface area contributed by atoms with E-state index in [2.05, 4.69) is 49.8 Å². The average Bonchev–Trinajstić information content (AvgIpc) is 3.49. The second kappa shape index (κ2) is 9.80. The van der Waals surface area contributed by atoms with Gasteiger partial charge in [-0.25, -0.2) is 8.78 Å². The summed E-state index contributed by atoms with van der Waals surface area (Å²) in [5.74, 6) is -0.978. The average molecular weight is 451 g/mol. The third kappa shape index (κ3) is 4.96. The minimum absolute atomic E-state index is 0.417. The molecule has 172 valence electrons. The molecule has 6 nitrogen and oxygen atoms in total. The van der Waals surface area contributed by atoms with E-state index in [0.717, 1.165) is 62.7 Å². The van der Waals surface area contributed by atoms with Crippen molar-refractivity contribution in [1.82, 2.24) is 30.0 Å². The molecule has 1 aliphatic rings. The van der Waals surface area contributed by atoms with Crippen molar-refractivity contribution in [2.24, 2.45) is 0 Å². The van der Waals surface area contributed by atoms with Crippen LogP contribution in [0, 0.1) is 11.6 Å². The van der Waals surface area contributed by atoms with Gasteiger partial charge in [-0.15, -0.1) is 10.2 Å². The highest BCUT2D eigenvalue weighted by Gasteiger charge is 2.22. The lowest BCUT2D eigenvalue weighted by Crippen LogP contribution is -2.51. The number of piperazine rings is 1. The molecule has 2 N–H and O–H groups in total. The molecule has 33 heavy (non-hydrogen) atoms. The summed E-state index contributed by atoms with van der Waals surface area (Å²) in [6.07, 6.45) is 9.23. The third-order valence-electron chi connectivity index (χ3n) is 6.61. The number of aromatic nitrogens is 4. The van der Waals surface area contributed by atoms with Crippen LogP contribution in [0.1, 0.15) is 24.0 Å². The molecule has 5 rings (SSSR count). The number of H-pyrrole nitrogens is 1. The molecular weight excluding hydrogens is 422 g/mol. The smallest absolute Gasteiger partial charge is 0.129 e. The molecule has 4 aromatic rings. The molecule has 0 radical (unpaired) electrons. The Bertz CT molecular complexity index is 1200. The van der Waals surface area contributed by atoms with Crippen LogP contribution in [0.15, 0.2) is 55.2 Å². The predicted molar refractivity (Wildman–Crippen MR) is 124 cm³/mol. The van der Waals surface area contributed by atoms with E-state index in [1.54, 1.807) is 18.7 Å². The van der Waals surface area contributed by atoms with E-state index in [-0.39, 0.29) is 0 Å². The van der Waals surface area contributed by atoms with Gasteiger partial charge < -0.3 is 10.3 Å². The lowest BCUT2D eigenvalue weighted by Gasteiger charge is -2.36. The highest BCUT2D eigenvalue weighted by atomic mass is 19.1. The van der Waals surface area contributed by atoms with Gasteiger partial charge in [-0.2, -0.15) is 0 Å². The third-order valence-corrected chi connectivity index (χ3v) is 6.61. The maximum absolute atomic E-state index is 14.0. The number of rotatable bonds is 8. The minimum atomic E-state index is -0.526. The summed E-state index contributed by atoms with van der Waals surface area (Å²) in [6.45, 7) is 3.61. The van der Waals surface area contributed by atoms with Gasteiger partial charge in [0.25, 0.3) is 0 Å². The van der Waals surface area contributed by atoms with E-state index in [9.17, 15) is 8.78 Å². The molecule has 2 aromatic carbocycles. The first kappa shape index (κ1) is 21.7. The Labute approximate surface area is 191 Å². The highest BCUT2D eigenvalue weighted by molar-refractivity contribution is 5.85. The summed E-state index contributed by atoms with van der Waals surface area (Å²) < 4.78 is 29.1. The summed E-state index contributed by atoms with van der Waals surface area (Å²) in [4.78, 5) is 5.82. The standard InChI is InChI=1S/C25H28F2N6/c26-20-5-4-18(24(27)12-20)8-10-32-11-9-28-15-22(32)3-1-2-19-14-29-25-7-6-21(13-23(19)25)33-16-30-31-17-33/h4-7,12-14,16-17,22,28-29H,1-3,8-11,15H2. The molecule has 3 heterocycles. The fourth-order valence-corrected chi connectivity index (χ4v) is 4.77. The summed E-state index contributed by atoms with van der Waals surface area (Å²) in [5, 5.41) is 12.5. The Morgan fingerprint density at radius 3 is 2.73 bits per heavy atom. The molecule has 0 bridgehead atoms. The Balaban J connectivity index is 1.20. The SMILES string of the molecule is Fc1ccc(CCN2CCNCC2CCCc2c[nH]c3ccc(-n4cnnc4)cc23)c(F)c1. The molecule has 0 saturated carbocycles. The van der Waals surface area contributed by atoms with E-state index in [1.165, 1.54) is 17.0 Å². The maximum atomic E-state index is 14.0. The highest BCUT2D eigenvalue weighted by Crippen LogP contribution is 2.24. The number of benzene rings is 2. The molecule has 1 unspecified atom stereocenters. The monoisotopic (exact) mass is 450 g/mol. The van der Waals surface area contributed by atoms with Crippen molar-refractivity contribution in [1.29, 1.82) is 0 Å². The number of aromatic amines is 1. The van der Waals surface area contributed by atoms with Gasteiger partial charge in [0, 0.05) is 61.1 Å². The predicted octanol–water partition coefficient (Wildman–Crippen LogP) is 3.87. The lowest BCUT2D eigenvalue weighted by molar-refractivity contribution is 0.152. The number of aryl methyl sites for hydroxylation is 1. The molecular formula is C25H28F2N6. The van der Waals surface area contributed by atoms with E-state index < -0.39 is 11.6 Å². The van der Waals surface area contributed by atoms with Gasteiger partial charge in [0.2, 0.25) is 0 Å². The van der Waals surface area contributed by atoms with Crippen LogP contribution in [-0.4, -0.2) is 56.9 Å². The zero-order chi connectivity index (χ0) is 22.6. The van der Waals surface area contributed by atoms with Crippen LogP contribution >= 0.6 is 0 Å². The number of hydrogen-bond acceptors (Lipinski definition) is 4. The number of nitrogens with zero attached hydrogens (tertiary/aromatic N) is 4. The fourth-order valence-electron chi connectivity index (χ4n) is 4.77. The number of halogens is 2. The molecule has 0 amide bonds. The van der Waals surface area contributed by atoms with Crippen LogP contribution < -0.4 is 5.32 Å². The van der Waals surface area contributed by atoms with Gasteiger partial charge in [-0.05, 0) is 61.1 Å². The van der Waals surface area contributed by atoms with Crippen LogP contribution in [0.5, 0.6) is 0 Å². The minimum Gasteiger partial charge on any atom is -0.361 e. The Hall–Kier alpha value is -3.10. The zero-order valence-electron chi connectivity index (χ0n) is 18.5. The molecule has 8 heteroatoms. The zero-order valence-corrected chi connectivity index (χ0v) is 18.5. The summed E-state index contributed by atoms with van der Waals surface area (Å²) in [6, 6.07) is 10.6. The molecule has 0 spiro atoms. The summed E-state index contributed by atoms with van der Waals surface area (Å²) in [5.41, 5.74) is 4.06. The lowest BCUT2D eigenvalue weighted by atomic mass is 10.0. The maximum Gasteiger partial charge on any atom is 0.129 e. The molecule has 1 saturated heterocycles. The van der Waals surface area contributed by atoms with Crippen LogP contribution in [0.3, 0.4) is 0 Å². The largest absolute Gasteiger partial charge is 0.361 e. The van der Waals surface area contributed by atoms with Gasteiger partial charge in [-0.3, -0.25) is 9.47 Å². The van der Waals surface area contributed by atoms with Gasteiger partial charge in [0.1, 0.15) is 24.3 Å². The van der Waals surface area contributed by atoms with Crippen LogP contribution in [0.25, 0.3) is 16.6 Å². The van der Waals surface area contributed by atoms with Gasteiger partial charge in [0.15, 0.2) is 0 Å². The first-order valence-corrected chi connectivity index (χ1v) is 11.5. The summed E-state index contributed by atoms with van der Waals surface area (Å²) in [7, 11) is 0. The van der Waals surface area contributed by atoms with Crippen LogP contribution in [-0.2, 0) is 12.8 Å². The second-order valence-electron chi connectivity index (χ2n) is 8.68. The quantitative estimate of drug-likeness (QED) is 0.428. The van der Waals surface area contributed by atoms with Gasteiger partial charge >= 0.3 is 0 Å². The van der Waals surface area contributed by atoms with E-state index in [4.69, 9.17) is 0 Å². The van der Waals surface area contributed by atoms with Gasteiger partial charge in [0.05, 0.1) is 0 Å². The van der Waals surface area contributed by atoms with Crippen molar-refractivity contribution >= 4 is 10.9 Å². The van der Waals surface area contributed by atoms with Crippen molar-refractivity contribution < 1.29 is 8.78 Å². The topological polar surface area (TPSA) is 61.8 Å². The van der Waals surface area contributed by atoms with Crippen LogP contribution in [0.2, 0.25) is 0 Å². The Morgan fingerprint density at radius 1 is 1.00 bits per heavy atom. The molecule has 2 aromatic heterocycles. The molecule has 1 fully saturated rings. The van der Waals surface area contributed by atoms with Crippen molar-refractivity contribution in [2.75, 3.05) is 26.2 Å². The normalized spacial score (nSPS) is 17.1. The van der Waals surface area contributed by atoms with Gasteiger partial charge in [-0.1, -0.05) is 6.07 Å². The van der Waals surface area contributed by atoms with Crippen molar-refractivity contribution in [2.45, 2.75) is 31.7 Å². The van der Waals surface area contributed by atoms with Crippen LogP contribution in [0.4, 0.5) is 8.78 Å². The van der Waals surface area contributed by atoms with Crippen molar-refractivity contribution in [3.05, 3.63) is 78.0 Å². The Kier molecular flexibility index (Phi) is 6.46. The Morgan fingerprint density at radius 2 is 1.88 bits per heavy atom. The van der Waals surface area contributed by atoms with E-state index >= 15 is 0 Å².